The number of carbonyl (C=O) groups excluding carboxylic acids is 6. The molecule has 4 amide bonds. The van der Waals surface area contributed by atoms with Crippen LogP contribution in [0, 0.1) is 0 Å². The van der Waals surface area contributed by atoms with E-state index in [0.717, 1.165) is 13.8 Å². The predicted molar refractivity (Wildman–Crippen MR) is 264 cm³/mol. The number of carbonyl (C=O) groups is 6. The van der Waals surface area contributed by atoms with Crippen LogP contribution in [0.15, 0.2) is 118 Å². The molecule has 0 heterocycles. The van der Waals surface area contributed by atoms with Gasteiger partial charge in [-0.25, -0.2) is 0 Å². The van der Waals surface area contributed by atoms with Crippen LogP contribution in [-0.4, -0.2) is 60.5 Å². The van der Waals surface area contributed by atoms with Crippen LogP contribution in [0.3, 0.4) is 0 Å². The number of alkyl halides is 2. The summed E-state index contributed by atoms with van der Waals surface area (Å²) in [5, 5.41) is 26.0. The summed E-state index contributed by atoms with van der Waals surface area (Å²) in [6.45, 7) is 9.35. The summed E-state index contributed by atoms with van der Waals surface area (Å²) in [7, 11) is 0. The lowest BCUT2D eigenvalue weighted by Gasteiger charge is -2.19. The maximum atomic E-state index is 13.8. The smallest absolute Gasteiger partial charge is 0.259 e. The number of azo groups is 2. The average Bonchev–Trinajstić information content (AvgIpc) is 3.28. The zero-order chi connectivity index (χ0) is 49.7. The first-order valence-electron chi connectivity index (χ1n) is 21.0. The van der Waals surface area contributed by atoms with E-state index < -0.39 is 58.0 Å². The number of ether oxygens (including phenoxy) is 2. The number of ketones is 2. The molecular formula is C48H46Cl4N8O8. The number of Topliss-reactive ketones (excluding diaryl/α,β-unsaturated/α-hetero) is 2. The number of nitrogens with zero attached hydrogens (tertiary/aromatic N) is 4. The first kappa shape index (κ1) is 52.3. The summed E-state index contributed by atoms with van der Waals surface area (Å²) < 4.78 is 11.7. The quantitative estimate of drug-likeness (QED) is 0.0333. The van der Waals surface area contributed by atoms with Crippen LogP contribution in [0.25, 0.3) is 0 Å². The minimum absolute atomic E-state index is 0.00457. The summed E-state index contributed by atoms with van der Waals surface area (Å²) in [5.41, 5.74) is 2.55. The van der Waals surface area contributed by atoms with Crippen LogP contribution in [0.4, 0.5) is 34.1 Å². The molecule has 0 radical (unpaired) electrons. The van der Waals surface area contributed by atoms with Crippen LogP contribution >= 0.6 is 46.4 Å². The lowest BCUT2D eigenvalue weighted by atomic mass is 10.1. The fraction of sp³-hybridized carbons (Fsp3) is 0.250. The van der Waals surface area contributed by atoms with E-state index in [-0.39, 0.29) is 68.6 Å². The Morgan fingerprint density at radius 2 is 0.956 bits per heavy atom. The van der Waals surface area contributed by atoms with Crippen molar-refractivity contribution in [2.24, 2.45) is 20.5 Å². The highest BCUT2D eigenvalue weighted by Crippen LogP contribution is 2.40. The Morgan fingerprint density at radius 1 is 0.559 bits per heavy atom. The third kappa shape index (κ3) is 13.2. The largest absolute Gasteiger partial charge is 0.491 e. The molecule has 0 aromatic heterocycles. The Hall–Kier alpha value is -6.72. The van der Waals surface area contributed by atoms with Crippen LogP contribution in [-0.2, 0) is 19.2 Å². The van der Waals surface area contributed by atoms with Crippen LogP contribution in [0.5, 0.6) is 11.5 Å². The molecule has 0 aliphatic rings. The number of rotatable bonds is 20. The fourth-order valence-electron chi connectivity index (χ4n) is 6.44. The van der Waals surface area contributed by atoms with Gasteiger partial charge >= 0.3 is 0 Å². The third-order valence-corrected chi connectivity index (χ3v) is 11.0. The second kappa shape index (κ2) is 24.3. The van der Waals surface area contributed by atoms with Crippen molar-refractivity contribution in [3.05, 3.63) is 129 Å². The molecule has 20 heteroatoms. The Morgan fingerprint density at radius 3 is 1.34 bits per heavy atom. The van der Waals surface area contributed by atoms with E-state index in [1.54, 1.807) is 76.2 Å². The first-order chi connectivity index (χ1) is 32.4. The molecule has 4 N–H and O–H groups in total. The van der Waals surface area contributed by atoms with Crippen molar-refractivity contribution >= 4 is 116 Å². The minimum atomic E-state index is -1.70. The molecule has 5 rings (SSSR count). The zero-order valence-electron chi connectivity index (χ0n) is 37.5. The standard InChI is InChI=1S/C48H46Cl4N8O8/c1-7-67-38-23-29(53-47(65)42(27(5)61)59-57-36-21-13-17-32(40(36)51)45(63)54-34-19-11-9-15-30(34)25(3)49)24-39(68-8-2)44(38)56-48(66)43(28(6)62)60-58-37-22-14-18-33(41(37)52)46(64)55-35-20-12-10-16-31(35)26(4)50/h9-26,42-43H,7-8H2,1-6H3,(H,53,65)(H,54,63)(H,55,64)(H,56,66). The van der Waals surface area contributed by atoms with Gasteiger partial charge in [0.2, 0.25) is 12.1 Å². The Bertz CT molecular complexity index is 2760. The molecule has 5 aromatic rings. The molecule has 16 nitrogen and oxygen atoms in total. The second-order valence-electron chi connectivity index (χ2n) is 14.7. The molecule has 5 aromatic carbocycles. The van der Waals surface area contributed by atoms with Gasteiger partial charge in [0.15, 0.2) is 11.6 Å². The number of hydrogen-bond donors (Lipinski definition) is 4. The van der Waals surface area contributed by atoms with E-state index >= 15 is 0 Å². The molecule has 0 aliphatic heterocycles. The van der Waals surface area contributed by atoms with Gasteiger partial charge in [0, 0.05) is 29.2 Å². The maximum absolute atomic E-state index is 13.8. The number of amides is 4. The van der Waals surface area contributed by atoms with E-state index in [0.29, 0.717) is 22.5 Å². The summed E-state index contributed by atoms with van der Waals surface area (Å²) >= 11 is 25.8. The highest BCUT2D eigenvalue weighted by atomic mass is 35.5. The van der Waals surface area contributed by atoms with Crippen molar-refractivity contribution in [2.75, 3.05) is 34.5 Å². The highest BCUT2D eigenvalue weighted by molar-refractivity contribution is 6.37. The molecule has 354 valence electrons. The van der Waals surface area contributed by atoms with Gasteiger partial charge in [0.05, 0.1) is 45.1 Å². The van der Waals surface area contributed by atoms with Gasteiger partial charge in [-0.3, -0.25) is 28.8 Å². The number of hydrogen-bond acceptors (Lipinski definition) is 12. The number of anilines is 4. The molecule has 0 saturated heterocycles. The van der Waals surface area contributed by atoms with Gasteiger partial charge in [-0.15, -0.1) is 23.2 Å². The normalized spacial score (nSPS) is 13.0. The summed E-state index contributed by atoms with van der Waals surface area (Å²) in [5.74, 6) is -4.27. The summed E-state index contributed by atoms with van der Waals surface area (Å²) in [6, 6.07) is 22.3. The number of nitrogens with one attached hydrogen (secondary N) is 4. The van der Waals surface area contributed by atoms with E-state index in [9.17, 15) is 28.8 Å². The Labute approximate surface area is 412 Å². The fourth-order valence-corrected chi connectivity index (χ4v) is 7.32. The first-order valence-corrected chi connectivity index (χ1v) is 22.6. The third-order valence-electron chi connectivity index (χ3n) is 9.73. The van der Waals surface area contributed by atoms with Crippen molar-refractivity contribution in [1.82, 2.24) is 0 Å². The van der Waals surface area contributed by atoms with Gasteiger partial charge in [-0.1, -0.05) is 71.7 Å². The van der Waals surface area contributed by atoms with E-state index in [4.69, 9.17) is 55.9 Å². The predicted octanol–water partition coefficient (Wildman–Crippen LogP) is 12.3. The Balaban J connectivity index is 1.35. The molecule has 4 atom stereocenters. The Kier molecular flexibility index (Phi) is 18.7. The van der Waals surface area contributed by atoms with E-state index in [1.165, 1.54) is 48.5 Å². The van der Waals surface area contributed by atoms with Crippen molar-refractivity contribution in [3.8, 4) is 11.5 Å². The molecule has 4 unspecified atom stereocenters. The monoisotopic (exact) mass is 1000 g/mol. The lowest BCUT2D eigenvalue weighted by Crippen LogP contribution is -2.32. The highest BCUT2D eigenvalue weighted by Gasteiger charge is 2.29. The lowest BCUT2D eigenvalue weighted by molar-refractivity contribution is -0.127. The van der Waals surface area contributed by atoms with Gasteiger partial charge in [-0.05, 0) is 89.1 Å². The number of benzene rings is 5. The zero-order valence-corrected chi connectivity index (χ0v) is 40.6. The molecule has 0 saturated carbocycles. The van der Waals surface area contributed by atoms with Gasteiger partial charge < -0.3 is 30.7 Å². The number of halogens is 4. The molecule has 0 fully saturated rings. The topological polar surface area (TPSA) is 218 Å². The van der Waals surface area contributed by atoms with Crippen molar-refractivity contribution in [3.63, 3.8) is 0 Å². The SMILES string of the molecule is CCOc1cc(NC(=O)C(N=Nc2cccc(C(=O)Nc3ccccc3C(C)Cl)c2Cl)C(C)=O)cc(OCC)c1NC(=O)C(N=Nc1cccc(C(=O)Nc2ccccc2C(C)Cl)c1Cl)C(C)=O. The molecule has 0 bridgehead atoms. The van der Waals surface area contributed by atoms with Crippen molar-refractivity contribution < 1.29 is 38.2 Å². The average molecular weight is 1000 g/mol. The maximum Gasteiger partial charge on any atom is 0.259 e. The summed E-state index contributed by atoms with van der Waals surface area (Å²) in [6.07, 6.45) is 0. The van der Waals surface area contributed by atoms with Crippen LogP contribution in [0.2, 0.25) is 10.0 Å². The van der Waals surface area contributed by atoms with Gasteiger partial charge in [0.25, 0.3) is 23.6 Å². The molecular weight excluding hydrogens is 958 g/mol. The van der Waals surface area contributed by atoms with E-state index in [2.05, 4.69) is 41.7 Å². The minimum Gasteiger partial charge on any atom is -0.491 e. The second-order valence-corrected chi connectivity index (χ2v) is 16.8. The number of para-hydroxylation sites is 2. The van der Waals surface area contributed by atoms with Crippen molar-refractivity contribution in [1.29, 1.82) is 0 Å². The van der Waals surface area contributed by atoms with E-state index in [1.807, 2.05) is 0 Å². The van der Waals surface area contributed by atoms with Crippen LogP contribution < -0.4 is 30.7 Å². The molecule has 68 heavy (non-hydrogen) atoms. The van der Waals surface area contributed by atoms with Gasteiger partial charge in [0.1, 0.15) is 28.6 Å². The van der Waals surface area contributed by atoms with Crippen LogP contribution in [0.1, 0.15) is 84.1 Å². The summed E-state index contributed by atoms with van der Waals surface area (Å²) in [4.78, 5) is 79.7. The van der Waals surface area contributed by atoms with Gasteiger partial charge in [-0.2, -0.15) is 20.5 Å². The molecule has 0 spiro atoms. The van der Waals surface area contributed by atoms with Crippen molar-refractivity contribution in [2.45, 2.75) is 64.4 Å². The molecule has 0 aliphatic carbocycles.